The fourth-order valence-corrected chi connectivity index (χ4v) is 2.57. The normalized spacial score (nSPS) is 10.5. The van der Waals surface area contributed by atoms with Crippen LogP contribution >= 0.6 is 11.8 Å². The van der Waals surface area contributed by atoms with E-state index in [0.29, 0.717) is 12.1 Å². The van der Waals surface area contributed by atoms with Crippen LogP contribution in [0.5, 0.6) is 0 Å². The van der Waals surface area contributed by atoms with Crippen molar-refractivity contribution in [2.45, 2.75) is 17.7 Å². The molecule has 0 saturated heterocycles. The molecule has 0 unspecified atom stereocenters. The van der Waals surface area contributed by atoms with E-state index < -0.39 is 0 Å². The number of aliphatic hydroxyl groups excluding tert-OH is 1. The van der Waals surface area contributed by atoms with Crippen LogP contribution < -0.4 is 0 Å². The maximum absolute atomic E-state index is 11.0. The Morgan fingerprint density at radius 1 is 1.26 bits per heavy atom. The first-order valence-corrected chi connectivity index (χ1v) is 7.38. The third-order valence-corrected chi connectivity index (χ3v) is 3.72. The lowest BCUT2D eigenvalue weighted by Gasteiger charge is -2.11. The van der Waals surface area contributed by atoms with Crippen molar-refractivity contribution in [2.75, 3.05) is 33.0 Å². The quantitative estimate of drug-likeness (QED) is 0.450. The predicted molar refractivity (Wildman–Crippen MR) is 81.1 cm³/mol. The van der Waals surface area contributed by atoms with Gasteiger partial charge in [-0.05, 0) is 50.4 Å². The number of carbonyl (C=O) groups excluding carboxylic acids is 1. The summed E-state index contributed by atoms with van der Waals surface area (Å²) in [5.41, 5.74) is 1.62. The van der Waals surface area contributed by atoms with Gasteiger partial charge >= 0.3 is 0 Å². The molecule has 1 rings (SSSR count). The Bertz CT molecular complexity index is 422. The van der Waals surface area contributed by atoms with E-state index in [0.717, 1.165) is 24.2 Å². The highest BCUT2D eigenvalue weighted by Crippen LogP contribution is 2.22. The van der Waals surface area contributed by atoms with Gasteiger partial charge < -0.3 is 10.0 Å². The summed E-state index contributed by atoms with van der Waals surface area (Å²) in [7, 11) is 3.87. The molecule has 0 spiro atoms. The number of likely N-dealkylation sites (N-methyl/N-ethyl adjacent to an activating group) is 1. The second-order valence-electron chi connectivity index (χ2n) is 4.62. The van der Waals surface area contributed by atoms with Crippen molar-refractivity contribution >= 4 is 23.3 Å². The second kappa shape index (κ2) is 8.94. The van der Waals surface area contributed by atoms with Crippen LogP contribution in [0.3, 0.4) is 0 Å². The molecule has 0 fully saturated rings. The molecule has 0 aliphatic heterocycles. The van der Waals surface area contributed by atoms with Gasteiger partial charge in [-0.2, -0.15) is 0 Å². The van der Waals surface area contributed by atoms with Crippen molar-refractivity contribution in [3.63, 3.8) is 0 Å². The Morgan fingerprint density at radius 3 is 2.47 bits per heavy atom. The molecule has 0 atom stereocenters. The number of thioether (sulfide) groups is 1. The first-order valence-electron chi connectivity index (χ1n) is 6.40. The number of hydrogen-bond donors (Lipinski definition) is 1. The molecule has 1 N–H and O–H groups in total. The Morgan fingerprint density at radius 2 is 1.95 bits per heavy atom. The van der Waals surface area contributed by atoms with E-state index in [9.17, 15) is 4.79 Å². The van der Waals surface area contributed by atoms with E-state index in [-0.39, 0.29) is 6.61 Å². The van der Waals surface area contributed by atoms with E-state index >= 15 is 0 Å². The number of hydrogen-bond acceptors (Lipinski definition) is 4. The zero-order chi connectivity index (χ0) is 14.1. The van der Waals surface area contributed by atoms with Crippen molar-refractivity contribution in [1.29, 1.82) is 0 Å². The molecule has 19 heavy (non-hydrogen) atoms. The van der Waals surface area contributed by atoms with Crippen LogP contribution in [0.25, 0.3) is 5.57 Å². The van der Waals surface area contributed by atoms with Gasteiger partial charge in [-0.1, -0.05) is 12.1 Å². The fourth-order valence-electron chi connectivity index (χ4n) is 1.65. The minimum atomic E-state index is 0.261. The second-order valence-corrected chi connectivity index (χ2v) is 5.79. The average Bonchev–Trinajstić information content (AvgIpc) is 2.41. The molecule has 0 bridgehead atoms. The van der Waals surface area contributed by atoms with E-state index in [4.69, 9.17) is 5.11 Å². The smallest absolute Gasteiger partial charge is 0.129 e. The molecule has 3 nitrogen and oxygen atoms in total. The topological polar surface area (TPSA) is 40.5 Å². The zero-order valence-corrected chi connectivity index (χ0v) is 12.4. The standard InChI is InChI=1S/C15H21NO2S/c1-16(2)11-14(12-18)13-5-7-15(8-6-13)19-10-4-3-9-17/h5-8,17H,3-4,9-11H2,1-2H3. The molecule has 0 aromatic heterocycles. The lowest BCUT2D eigenvalue weighted by molar-refractivity contribution is 0.287. The molecule has 0 saturated carbocycles. The predicted octanol–water partition coefficient (Wildman–Crippen LogP) is 2.33. The van der Waals surface area contributed by atoms with Crippen molar-refractivity contribution in [3.05, 3.63) is 29.8 Å². The maximum atomic E-state index is 11.0. The molecule has 1 aromatic carbocycles. The highest BCUT2D eigenvalue weighted by Gasteiger charge is 2.04. The van der Waals surface area contributed by atoms with Gasteiger partial charge in [0.1, 0.15) is 5.94 Å². The summed E-state index contributed by atoms with van der Waals surface area (Å²) in [5.74, 6) is 3.03. The van der Waals surface area contributed by atoms with E-state index in [1.54, 1.807) is 11.8 Å². The van der Waals surface area contributed by atoms with Crippen LogP contribution in [0.1, 0.15) is 18.4 Å². The molecule has 0 amide bonds. The minimum absolute atomic E-state index is 0.261. The van der Waals surface area contributed by atoms with Gasteiger partial charge in [0.15, 0.2) is 0 Å². The summed E-state index contributed by atoms with van der Waals surface area (Å²) in [4.78, 5) is 14.1. The first kappa shape index (κ1) is 16.0. The van der Waals surface area contributed by atoms with Crippen molar-refractivity contribution in [3.8, 4) is 0 Å². The van der Waals surface area contributed by atoms with Crippen LogP contribution in [0, 0.1) is 0 Å². The van der Waals surface area contributed by atoms with Crippen molar-refractivity contribution < 1.29 is 9.90 Å². The Balaban J connectivity index is 2.57. The largest absolute Gasteiger partial charge is 0.396 e. The third kappa shape index (κ3) is 6.08. The molecular formula is C15H21NO2S. The van der Waals surface area contributed by atoms with E-state index in [1.165, 1.54) is 4.90 Å². The SMILES string of the molecule is CN(C)CC(=C=O)c1ccc(SCCCCO)cc1. The van der Waals surface area contributed by atoms with Gasteiger partial charge in [0.05, 0.1) is 5.57 Å². The zero-order valence-electron chi connectivity index (χ0n) is 11.6. The maximum Gasteiger partial charge on any atom is 0.129 e. The number of unbranched alkanes of at least 4 members (excludes halogenated alkanes) is 1. The third-order valence-electron chi connectivity index (χ3n) is 2.62. The van der Waals surface area contributed by atoms with Gasteiger partial charge in [-0.15, -0.1) is 11.8 Å². The molecule has 4 heteroatoms. The van der Waals surface area contributed by atoms with Gasteiger partial charge in [-0.25, -0.2) is 4.79 Å². The first-order chi connectivity index (χ1) is 9.17. The average molecular weight is 279 g/mol. The summed E-state index contributed by atoms with van der Waals surface area (Å²) in [6, 6.07) is 8.01. The molecule has 0 aliphatic carbocycles. The lowest BCUT2D eigenvalue weighted by Crippen LogP contribution is -2.14. The van der Waals surface area contributed by atoms with Gasteiger partial charge in [0.2, 0.25) is 0 Å². The molecule has 0 aliphatic rings. The van der Waals surface area contributed by atoms with Crippen molar-refractivity contribution in [1.82, 2.24) is 4.90 Å². The number of rotatable bonds is 8. The summed E-state index contributed by atoms with van der Waals surface area (Å²) >= 11 is 1.77. The Kier molecular flexibility index (Phi) is 7.53. The molecule has 104 valence electrons. The highest BCUT2D eigenvalue weighted by molar-refractivity contribution is 7.99. The van der Waals surface area contributed by atoms with E-state index in [2.05, 4.69) is 0 Å². The number of nitrogens with zero attached hydrogens (tertiary/aromatic N) is 1. The Hall–Kier alpha value is -1.06. The summed E-state index contributed by atoms with van der Waals surface area (Å²) < 4.78 is 0. The van der Waals surface area contributed by atoms with E-state index in [1.807, 2.05) is 49.2 Å². The number of aliphatic hydroxyl groups is 1. The highest BCUT2D eigenvalue weighted by atomic mass is 32.2. The van der Waals surface area contributed by atoms with Crippen molar-refractivity contribution in [2.24, 2.45) is 0 Å². The van der Waals surface area contributed by atoms with Crippen LogP contribution in [-0.4, -0.2) is 48.9 Å². The monoisotopic (exact) mass is 279 g/mol. The molecule has 0 radical (unpaired) electrons. The molecule has 0 heterocycles. The minimum Gasteiger partial charge on any atom is -0.396 e. The fraction of sp³-hybridized carbons (Fsp3) is 0.467. The summed E-state index contributed by atoms with van der Waals surface area (Å²) in [6.07, 6.45) is 1.87. The molecular weight excluding hydrogens is 258 g/mol. The van der Waals surface area contributed by atoms with Gasteiger partial charge in [-0.3, -0.25) is 0 Å². The van der Waals surface area contributed by atoms with Gasteiger partial charge in [0, 0.05) is 18.0 Å². The van der Waals surface area contributed by atoms with Crippen LogP contribution in [-0.2, 0) is 4.79 Å². The van der Waals surface area contributed by atoms with Crippen LogP contribution in [0.2, 0.25) is 0 Å². The molecule has 1 aromatic rings. The Labute approximate surface area is 119 Å². The lowest BCUT2D eigenvalue weighted by atomic mass is 10.1. The number of benzene rings is 1. The van der Waals surface area contributed by atoms with Crippen LogP contribution in [0.15, 0.2) is 29.2 Å². The summed E-state index contributed by atoms with van der Waals surface area (Å²) in [5, 5.41) is 8.71. The summed E-state index contributed by atoms with van der Waals surface area (Å²) in [6.45, 7) is 0.865. The van der Waals surface area contributed by atoms with Crippen LogP contribution in [0.4, 0.5) is 0 Å². The van der Waals surface area contributed by atoms with Gasteiger partial charge in [0.25, 0.3) is 0 Å².